The maximum atomic E-state index is 12.2. The third-order valence-electron chi connectivity index (χ3n) is 1.95. The molecule has 1 saturated carbocycles. The second-order valence-corrected chi connectivity index (χ2v) is 3.00. The van der Waals surface area contributed by atoms with Gasteiger partial charge in [-0.2, -0.15) is 0 Å². The number of rotatable bonds is 3. The summed E-state index contributed by atoms with van der Waals surface area (Å²) in [6.07, 6.45) is 3.75. The van der Waals surface area contributed by atoms with Crippen molar-refractivity contribution in [3.8, 4) is 0 Å². The third-order valence-corrected chi connectivity index (χ3v) is 1.95. The Morgan fingerprint density at radius 3 is 2.50 bits per heavy atom. The molecule has 0 saturated heterocycles. The Morgan fingerprint density at radius 1 is 1.50 bits per heavy atom. The van der Waals surface area contributed by atoms with Crippen molar-refractivity contribution in [2.45, 2.75) is 31.6 Å². The van der Waals surface area contributed by atoms with Crippen LogP contribution in [0.3, 0.4) is 0 Å². The van der Waals surface area contributed by atoms with Crippen molar-refractivity contribution in [1.29, 1.82) is 0 Å². The molecule has 0 amide bonds. The predicted molar refractivity (Wildman–Crippen MR) is 37.1 cm³/mol. The molecule has 0 unspecified atom stereocenters. The summed E-state index contributed by atoms with van der Waals surface area (Å²) in [6.45, 7) is 3.54. The van der Waals surface area contributed by atoms with Gasteiger partial charge in [0.2, 0.25) is 5.92 Å². The van der Waals surface area contributed by atoms with E-state index in [0.717, 1.165) is 12.8 Å². The normalized spacial score (nSPS) is 23.8. The monoisotopic (exact) mass is 146 g/mol. The molecule has 0 heterocycles. The van der Waals surface area contributed by atoms with E-state index in [2.05, 4.69) is 6.58 Å². The summed E-state index contributed by atoms with van der Waals surface area (Å²) in [5, 5.41) is 0. The zero-order chi connectivity index (χ0) is 7.61. The molecule has 0 bridgehead atoms. The van der Waals surface area contributed by atoms with E-state index in [1.165, 1.54) is 0 Å². The first-order valence-electron chi connectivity index (χ1n) is 3.63. The van der Waals surface area contributed by atoms with Crippen molar-refractivity contribution in [3.63, 3.8) is 0 Å². The lowest BCUT2D eigenvalue weighted by Gasteiger charge is -2.34. The van der Waals surface area contributed by atoms with Gasteiger partial charge in [0.15, 0.2) is 0 Å². The molecule has 0 aromatic rings. The van der Waals surface area contributed by atoms with E-state index in [4.69, 9.17) is 0 Å². The Hall–Kier alpha value is -0.400. The second kappa shape index (κ2) is 2.69. The minimum absolute atomic E-state index is 0.0981. The molecular weight excluding hydrogens is 134 g/mol. The highest BCUT2D eigenvalue weighted by Gasteiger charge is 2.44. The Balaban J connectivity index is 2.08. The molecule has 0 N–H and O–H groups in total. The molecule has 0 aliphatic heterocycles. The van der Waals surface area contributed by atoms with Gasteiger partial charge in [-0.05, 0) is 18.8 Å². The Kier molecular flexibility index (Phi) is 2.07. The highest BCUT2D eigenvalue weighted by Crippen LogP contribution is 2.44. The van der Waals surface area contributed by atoms with Gasteiger partial charge in [-0.25, -0.2) is 8.78 Å². The van der Waals surface area contributed by atoms with Gasteiger partial charge in [0.1, 0.15) is 0 Å². The molecule has 0 atom stereocenters. The van der Waals surface area contributed by atoms with Crippen LogP contribution < -0.4 is 0 Å². The van der Waals surface area contributed by atoms with Crippen LogP contribution in [-0.4, -0.2) is 5.92 Å². The maximum absolute atomic E-state index is 12.2. The predicted octanol–water partition coefficient (Wildman–Crippen LogP) is 3.00. The zero-order valence-corrected chi connectivity index (χ0v) is 5.95. The van der Waals surface area contributed by atoms with Gasteiger partial charge in [0.25, 0.3) is 0 Å². The van der Waals surface area contributed by atoms with Gasteiger partial charge in [-0.1, -0.05) is 6.08 Å². The van der Waals surface area contributed by atoms with E-state index >= 15 is 0 Å². The molecule has 0 nitrogen and oxygen atoms in total. The first-order valence-corrected chi connectivity index (χ1v) is 3.63. The fraction of sp³-hybridized carbons (Fsp3) is 0.750. The van der Waals surface area contributed by atoms with E-state index in [1.54, 1.807) is 6.08 Å². The summed E-state index contributed by atoms with van der Waals surface area (Å²) in [5.74, 6) is -2.08. The van der Waals surface area contributed by atoms with Crippen molar-refractivity contribution >= 4 is 0 Å². The molecule has 1 aliphatic rings. The van der Waals surface area contributed by atoms with E-state index in [9.17, 15) is 8.78 Å². The van der Waals surface area contributed by atoms with Crippen molar-refractivity contribution in [2.75, 3.05) is 0 Å². The molecule has 0 radical (unpaired) electrons. The summed E-state index contributed by atoms with van der Waals surface area (Å²) in [7, 11) is 0. The maximum Gasteiger partial charge on any atom is 0.248 e. The zero-order valence-electron chi connectivity index (χ0n) is 5.95. The number of halogens is 2. The average Bonchev–Trinajstić information content (AvgIpc) is 1.78. The van der Waals surface area contributed by atoms with Crippen LogP contribution in [0.25, 0.3) is 0 Å². The Bertz CT molecular complexity index is 121. The van der Waals surface area contributed by atoms with E-state index in [-0.39, 0.29) is 18.8 Å². The summed E-state index contributed by atoms with van der Waals surface area (Å²) >= 11 is 0. The lowest BCUT2D eigenvalue weighted by molar-refractivity contribution is -0.111. The first kappa shape index (κ1) is 7.70. The number of hydrogen-bond donors (Lipinski definition) is 0. The molecule has 2 heteroatoms. The fourth-order valence-electron chi connectivity index (χ4n) is 1.34. The summed E-state index contributed by atoms with van der Waals surface area (Å²) in [4.78, 5) is 0. The van der Waals surface area contributed by atoms with Crippen LogP contribution in [0.1, 0.15) is 25.7 Å². The molecule has 1 fully saturated rings. The summed E-state index contributed by atoms with van der Waals surface area (Å²) in [6, 6.07) is 0. The molecule has 10 heavy (non-hydrogen) atoms. The highest BCUT2D eigenvalue weighted by molar-refractivity contribution is 4.87. The number of hydrogen-bond acceptors (Lipinski definition) is 0. The fourth-order valence-corrected chi connectivity index (χ4v) is 1.34. The molecule has 0 aromatic carbocycles. The molecule has 58 valence electrons. The first-order chi connectivity index (χ1) is 4.64. The quantitative estimate of drug-likeness (QED) is 0.537. The summed E-state index contributed by atoms with van der Waals surface area (Å²) < 4.78 is 24.4. The molecule has 1 rings (SSSR count). The van der Waals surface area contributed by atoms with Gasteiger partial charge in [0, 0.05) is 12.8 Å². The minimum Gasteiger partial charge on any atom is -0.207 e. The lowest BCUT2D eigenvalue weighted by Crippen LogP contribution is -2.35. The van der Waals surface area contributed by atoms with Crippen molar-refractivity contribution < 1.29 is 8.78 Å². The van der Waals surface area contributed by atoms with Crippen LogP contribution in [0.15, 0.2) is 12.7 Å². The summed E-state index contributed by atoms with van der Waals surface area (Å²) in [5.41, 5.74) is 0. The van der Waals surface area contributed by atoms with Crippen LogP contribution in [0.5, 0.6) is 0 Å². The van der Waals surface area contributed by atoms with Crippen LogP contribution in [0.4, 0.5) is 8.78 Å². The van der Waals surface area contributed by atoms with Gasteiger partial charge in [-0.15, -0.1) is 6.58 Å². The van der Waals surface area contributed by atoms with E-state index in [1.807, 2.05) is 0 Å². The SMILES string of the molecule is C=CCCC1CC(F)(F)C1. The number of alkyl halides is 2. The Labute approximate surface area is 59.9 Å². The lowest BCUT2D eigenvalue weighted by atomic mass is 9.78. The van der Waals surface area contributed by atoms with Crippen LogP contribution >= 0.6 is 0 Å². The van der Waals surface area contributed by atoms with Gasteiger partial charge < -0.3 is 0 Å². The van der Waals surface area contributed by atoms with Crippen LogP contribution in [0, 0.1) is 5.92 Å². The third kappa shape index (κ3) is 1.79. The van der Waals surface area contributed by atoms with Gasteiger partial charge >= 0.3 is 0 Å². The molecular formula is C8H12F2. The highest BCUT2D eigenvalue weighted by atomic mass is 19.3. The Morgan fingerprint density at radius 2 is 2.10 bits per heavy atom. The van der Waals surface area contributed by atoms with Crippen molar-refractivity contribution in [2.24, 2.45) is 5.92 Å². The van der Waals surface area contributed by atoms with Gasteiger partial charge in [-0.3, -0.25) is 0 Å². The van der Waals surface area contributed by atoms with Gasteiger partial charge in [0.05, 0.1) is 0 Å². The topological polar surface area (TPSA) is 0 Å². The van der Waals surface area contributed by atoms with Crippen molar-refractivity contribution in [1.82, 2.24) is 0 Å². The molecule has 0 spiro atoms. The second-order valence-electron chi connectivity index (χ2n) is 3.00. The largest absolute Gasteiger partial charge is 0.248 e. The average molecular weight is 146 g/mol. The van der Waals surface area contributed by atoms with Crippen LogP contribution in [-0.2, 0) is 0 Å². The molecule has 0 aromatic heterocycles. The van der Waals surface area contributed by atoms with E-state index < -0.39 is 5.92 Å². The molecule has 1 aliphatic carbocycles. The smallest absolute Gasteiger partial charge is 0.207 e. The van der Waals surface area contributed by atoms with Crippen LogP contribution in [0.2, 0.25) is 0 Å². The minimum atomic E-state index is -2.34. The van der Waals surface area contributed by atoms with Crippen molar-refractivity contribution in [3.05, 3.63) is 12.7 Å². The standard InChI is InChI=1S/C8H12F2/c1-2-3-4-7-5-8(9,10)6-7/h2,7H,1,3-6H2. The number of allylic oxidation sites excluding steroid dienone is 1. The van der Waals surface area contributed by atoms with E-state index in [0.29, 0.717) is 0 Å².